The van der Waals surface area contributed by atoms with Crippen molar-refractivity contribution in [2.75, 3.05) is 32.8 Å². The Labute approximate surface area is 232 Å². The zero-order chi connectivity index (χ0) is 27.3. The van der Waals surface area contributed by atoms with E-state index in [0.29, 0.717) is 13.2 Å². The molecule has 0 amide bonds. The molecule has 0 rings (SSSR count). The number of phosphoric acid groups is 1. The van der Waals surface area contributed by atoms with Crippen molar-refractivity contribution in [1.82, 2.24) is 4.90 Å². The second kappa shape index (κ2) is 29.1. The number of phosphoric ester groups is 1. The third kappa shape index (κ3) is 28.9. The van der Waals surface area contributed by atoms with Crippen molar-refractivity contribution in [3.8, 4) is 0 Å². The van der Waals surface area contributed by atoms with E-state index in [2.05, 4.69) is 25.7 Å². The fourth-order valence-corrected chi connectivity index (χ4v) is 5.61. The van der Waals surface area contributed by atoms with Gasteiger partial charge in [-0.15, -0.1) is 0 Å². The molecule has 0 aliphatic carbocycles. The van der Waals surface area contributed by atoms with Crippen molar-refractivity contribution in [1.29, 1.82) is 0 Å². The van der Waals surface area contributed by atoms with Gasteiger partial charge in [0.05, 0.1) is 13.2 Å². The minimum atomic E-state index is -3.90. The molecule has 0 aromatic heterocycles. The van der Waals surface area contributed by atoms with Gasteiger partial charge >= 0.3 is 7.82 Å². The summed E-state index contributed by atoms with van der Waals surface area (Å²) in [6.45, 7) is 10.8. The highest BCUT2D eigenvalue weighted by Gasteiger charge is 2.20. The lowest BCUT2D eigenvalue weighted by atomic mass is 10.1. The Hall–Kier alpha value is 0.0700. The van der Waals surface area contributed by atoms with Crippen molar-refractivity contribution < 1.29 is 18.5 Å². The molecule has 0 aromatic carbocycles. The van der Waals surface area contributed by atoms with Crippen LogP contribution < -0.4 is 0 Å². The first kappa shape index (κ1) is 37.1. The van der Waals surface area contributed by atoms with E-state index in [-0.39, 0.29) is 0 Å². The van der Waals surface area contributed by atoms with Crippen LogP contribution in [-0.2, 0) is 13.6 Å². The van der Waals surface area contributed by atoms with Gasteiger partial charge in [-0.3, -0.25) is 9.05 Å². The predicted octanol–water partition coefficient (Wildman–Crippen LogP) is 10.5. The smallest absolute Gasteiger partial charge is 0.303 e. The molecule has 0 aromatic rings. The Morgan fingerprint density at radius 2 is 0.730 bits per heavy atom. The SMILES string of the molecule is CCCCCCCCCOP(=O)(O)OCCCCN(CCCCCCCCC)CCCCCCCCC. The van der Waals surface area contributed by atoms with Gasteiger partial charge in [-0.05, 0) is 51.7 Å². The molecule has 0 aliphatic rings. The van der Waals surface area contributed by atoms with Crippen LogP contribution in [0.15, 0.2) is 0 Å². The molecule has 0 heterocycles. The Morgan fingerprint density at radius 1 is 0.459 bits per heavy atom. The number of hydrogen-bond donors (Lipinski definition) is 1. The van der Waals surface area contributed by atoms with Crippen molar-refractivity contribution in [3.63, 3.8) is 0 Å². The molecule has 1 atom stereocenters. The molecule has 0 saturated carbocycles. The van der Waals surface area contributed by atoms with Crippen molar-refractivity contribution in [2.24, 2.45) is 0 Å². The third-order valence-corrected chi connectivity index (χ3v) is 8.30. The highest BCUT2D eigenvalue weighted by atomic mass is 31.2. The second-order valence-corrected chi connectivity index (χ2v) is 12.5. The Balaban J connectivity index is 4.01. The van der Waals surface area contributed by atoms with E-state index in [9.17, 15) is 9.46 Å². The maximum Gasteiger partial charge on any atom is 0.472 e. The lowest BCUT2D eigenvalue weighted by Gasteiger charge is -2.22. The van der Waals surface area contributed by atoms with Crippen molar-refractivity contribution in [2.45, 2.75) is 168 Å². The Morgan fingerprint density at radius 3 is 1.11 bits per heavy atom. The zero-order valence-electron chi connectivity index (χ0n) is 25.4. The van der Waals surface area contributed by atoms with Gasteiger partial charge in [0.25, 0.3) is 0 Å². The van der Waals surface area contributed by atoms with Crippen LogP contribution in [0.4, 0.5) is 0 Å². The lowest BCUT2D eigenvalue weighted by Crippen LogP contribution is -2.27. The van der Waals surface area contributed by atoms with Gasteiger partial charge in [-0.1, -0.05) is 136 Å². The monoisotopic (exact) mass is 547 g/mol. The molecular weight excluding hydrogens is 481 g/mol. The maximum atomic E-state index is 12.1. The van der Waals surface area contributed by atoms with Gasteiger partial charge in [-0.2, -0.15) is 0 Å². The summed E-state index contributed by atoms with van der Waals surface area (Å²) in [5.41, 5.74) is 0. The summed E-state index contributed by atoms with van der Waals surface area (Å²) in [6.07, 6.45) is 28.8. The maximum absolute atomic E-state index is 12.1. The second-order valence-electron chi connectivity index (χ2n) is 11.0. The van der Waals surface area contributed by atoms with E-state index in [0.717, 1.165) is 32.2 Å². The van der Waals surface area contributed by atoms with Gasteiger partial charge < -0.3 is 9.79 Å². The highest BCUT2D eigenvalue weighted by Crippen LogP contribution is 2.43. The quantitative estimate of drug-likeness (QED) is 0.0691. The summed E-state index contributed by atoms with van der Waals surface area (Å²) in [5, 5.41) is 0. The van der Waals surface area contributed by atoms with Crippen LogP contribution in [0.3, 0.4) is 0 Å². The topological polar surface area (TPSA) is 59.0 Å². The van der Waals surface area contributed by atoms with Crippen LogP contribution in [0.1, 0.15) is 168 Å². The number of rotatable bonds is 31. The highest BCUT2D eigenvalue weighted by molar-refractivity contribution is 7.47. The van der Waals surface area contributed by atoms with Crippen LogP contribution in [-0.4, -0.2) is 42.6 Å². The molecule has 0 saturated heterocycles. The molecule has 1 unspecified atom stereocenters. The van der Waals surface area contributed by atoms with Gasteiger partial charge in [0, 0.05) is 0 Å². The molecule has 1 N–H and O–H groups in total. The van der Waals surface area contributed by atoms with E-state index in [1.54, 1.807) is 0 Å². The lowest BCUT2D eigenvalue weighted by molar-refractivity contribution is 0.143. The molecule has 6 heteroatoms. The van der Waals surface area contributed by atoms with E-state index < -0.39 is 7.82 Å². The first-order valence-corrected chi connectivity index (χ1v) is 17.9. The summed E-state index contributed by atoms with van der Waals surface area (Å²) < 4.78 is 22.5. The van der Waals surface area contributed by atoms with Gasteiger partial charge in [0.15, 0.2) is 0 Å². The molecule has 224 valence electrons. The molecule has 0 fully saturated rings. The van der Waals surface area contributed by atoms with Crippen LogP contribution in [0.5, 0.6) is 0 Å². The zero-order valence-corrected chi connectivity index (χ0v) is 26.3. The van der Waals surface area contributed by atoms with Crippen LogP contribution in [0, 0.1) is 0 Å². The van der Waals surface area contributed by atoms with Crippen LogP contribution in [0.25, 0.3) is 0 Å². The Bertz CT molecular complexity index is 474. The van der Waals surface area contributed by atoms with Crippen molar-refractivity contribution >= 4 is 7.82 Å². The number of unbranched alkanes of at least 4 members (excludes halogenated alkanes) is 19. The number of nitrogens with zero attached hydrogens (tertiary/aromatic N) is 1. The first-order chi connectivity index (χ1) is 18.1. The average Bonchev–Trinajstić information content (AvgIpc) is 2.88. The standard InChI is InChI=1S/C31H66NO4P/c1-4-7-10-13-16-19-22-27-32(28-23-20-17-14-11-8-5-2)29-24-26-31-36-37(33,34)35-30-25-21-18-15-12-9-6-3/h4-31H2,1-3H3,(H,33,34). The minimum absolute atomic E-state index is 0.299. The molecule has 0 aliphatic heterocycles. The summed E-state index contributed by atoms with van der Waals surface area (Å²) in [7, 11) is -3.90. The summed E-state index contributed by atoms with van der Waals surface area (Å²) in [4.78, 5) is 12.6. The normalized spacial score (nSPS) is 13.4. The fourth-order valence-electron chi connectivity index (χ4n) is 4.81. The molecule has 0 bridgehead atoms. The Kier molecular flexibility index (Phi) is 29.1. The van der Waals surface area contributed by atoms with Gasteiger partial charge in [0.2, 0.25) is 0 Å². The van der Waals surface area contributed by atoms with E-state index in [4.69, 9.17) is 9.05 Å². The molecule has 37 heavy (non-hydrogen) atoms. The van der Waals surface area contributed by atoms with Gasteiger partial charge in [-0.25, -0.2) is 4.57 Å². The van der Waals surface area contributed by atoms with Crippen LogP contribution >= 0.6 is 7.82 Å². The third-order valence-electron chi connectivity index (χ3n) is 7.28. The predicted molar refractivity (Wildman–Crippen MR) is 161 cm³/mol. The summed E-state index contributed by atoms with van der Waals surface area (Å²) in [5.74, 6) is 0. The van der Waals surface area contributed by atoms with Crippen LogP contribution in [0.2, 0.25) is 0 Å². The van der Waals surface area contributed by atoms with E-state index in [1.165, 1.54) is 135 Å². The fraction of sp³-hybridized carbons (Fsp3) is 1.00. The number of hydrogen-bond acceptors (Lipinski definition) is 4. The summed E-state index contributed by atoms with van der Waals surface area (Å²) >= 11 is 0. The van der Waals surface area contributed by atoms with Gasteiger partial charge in [0.1, 0.15) is 0 Å². The van der Waals surface area contributed by atoms with Crippen molar-refractivity contribution in [3.05, 3.63) is 0 Å². The average molecular weight is 548 g/mol. The van der Waals surface area contributed by atoms with E-state index >= 15 is 0 Å². The molecule has 0 radical (unpaired) electrons. The molecule has 0 spiro atoms. The minimum Gasteiger partial charge on any atom is -0.303 e. The molecule has 5 nitrogen and oxygen atoms in total. The van der Waals surface area contributed by atoms with E-state index in [1.807, 2.05) is 0 Å². The first-order valence-electron chi connectivity index (χ1n) is 16.4. The summed E-state index contributed by atoms with van der Waals surface area (Å²) in [6, 6.07) is 0. The largest absolute Gasteiger partial charge is 0.472 e. The molecular formula is C31H66NO4P.